The number of aryl methyl sites for hydroxylation is 1. The van der Waals surface area contributed by atoms with Crippen LogP contribution in [0.4, 0.5) is 0 Å². The first kappa shape index (κ1) is 14.7. The quantitative estimate of drug-likeness (QED) is 0.709. The van der Waals surface area contributed by atoms with Crippen LogP contribution in [0.25, 0.3) is 0 Å². The summed E-state index contributed by atoms with van der Waals surface area (Å²) < 4.78 is 4.74. The molecule has 90 valence electrons. The number of rotatable bonds is 2. The predicted molar refractivity (Wildman–Crippen MR) is 68.0 cm³/mol. The Balaban J connectivity index is 0.00000106. The Bertz CT molecular complexity index is 341. The Kier molecular flexibility index (Phi) is 6.47. The van der Waals surface area contributed by atoms with Crippen molar-refractivity contribution in [2.24, 2.45) is 0 Å². The molecule has 0 saturated carbocycles. The largest absolute Gasteiger partial charge is 0.465 e. The van der Waals surface area contributed by atoms with Crippen molar-refractivity contribution >= 4 is 5.97 Å². The van der Waals surface area contributed by atoms with Crippen molar-refractivity contribution in [2.75, 3.05) is 7.11 Å². The van der Waals surface area contributed by atoms with Crippen molar-refractivity contribution in [1.82, 2.24) is 0 Å². The minimum Gasteiger partial charge on any atom is -0.465 e. The maximum atomic E-state index is 11.5. The highest BCUT2D eigenvalue weighted by Crippen LogP contribution is 2.21. The summed E-state index contributed by atoms with van der Waals surface area (Å²) in [5, 5.41) is 0. The minimum atomic E-state index is -0.252. The second-order valence-electron chi connectivity index (χ2n) is 3.74. The van der Waals surface area contributed by atoms with Gasteiger partial charge in [0.2, 0.25) is 0 Å². The zero-order valence-electron chi connectivity index (χ0n) is 11.1. The SMILES string of the molecule is CC.COC(=O)c1cc(C)ccc1C(C)C. The molecule has 0 atom stereocenters. The van der Waals surface area contributed by atoms with Gasteiger partial charge in [-0.2, -0.15) is 0 Å². The molecule has 0 aliphatic carbocycles. The van der Waals surface area contributed by atoms with Crippen LogP contribution in [0, 0.1) is 6.92 Å². The molecule has 0 aliphatic rings. The van der Waals surface area contributed by atoms with E-state index in [9.17, 15) is 4.79 Å². The summed E-state index contributed by atoms with van der Waals surface area (Å²) in [6.45, 7) is 10.1. The molecule has 0 aliphatic heterocycles. The molecule has 1 aromatic carbocycles. The van der Waals surface area contributed by atoms with Crippen molar-refractivity contribution in [3.05, 3.63) is 34.9 Å². The molecular formula is C14H22O2. The fraction of sp³-hybridized carbons (Fsp3) is 0.500. The van der Waals surface area contributed by atoms with Crippen molar-refractivity contribution in [3.63, 3.8) is 0 Å². The highest BCUT2D eigenvalue weighted by atomic mass is 16.5. The van der Waals surface area contributed by atoms with E-state index in [-0.39, 0.29) is 5.97 Å². The Morgan fingerprint density at radius 3 is 2.25 bits per heavy atom. The summed E-state index contributed by atoms with van der Waals surface area (Å²) in [6, 6.07) is 5.88. The van der Waals surface area contributed by atoms with Gasteiger partial charge in [0.1, 0.15) is 0 Å². The molecule has 0 aromatic heterocycles. The van der Waals surface area contributed by atoms with Crippen molar-refractivity contribution in [3.8, 4) is 0 Å². The van der Waals surface area contributed by atoms with E-state index in [1.165, 1.54) is 7.11 Å². The van der Waals surface area contributed by atoms with Gasteiger partial charge in [-0.25, -0.2) is 4.79 Å². The normalized spacial score (nSPS) is 9.44. The minimum absolute atomic E-state index is 0.252. The van der Waals surface area contributed by atoms with E-state index in [0.717, 1.165) is 11.1 Å². The highest BCUT2D eigenvalue weighted by Gasteiger charge is 2.13. The summed E-state index contributed by atoms with van der Waals surface area (Å²) in [5.74, 6) is 0.0853. The van der Waals surface area contributed by atoms with Gasteiger partial charge >= 0.3 is 5.97 Å². The monoisotopic (exact) mass is 222 g/mol. The lowest BCUT2D eigenvalue weighted by Crippen LogP contribution is -2.07. The van der Waals surface area contributed by atoms with E-state index in [1.807, 2.05) is 39.0 Å². The fourth-order valence-electron chi connectivity index (χ4n) is 1.46. The second-order valence-corrected chi connectivity index (χ2v) is 3.74. The zero-order chi connectivity index (χ0) is 12.7. The first-order chi connectivity index (χ1) is 7.56. The van der Waals surface area contributed by atoms with Crippen molar-refractivity contribution < 1.29 is 9.53 Å². The Labute approximate surface area is 98.6 Å². The van der Waals surface area contributed by atoms with Gasteiger partial charge in [-0.15, -0.1) is 0 Å². The number of esters is 1. The Hall–Kier alpha value is -1.31. The van der Waals surface area contributed by atoms with E-state index in [1.54, 1.807) is 0 Å². The summed E-state index contributed by atoms with van der Waals surface area (Å²) in [6.07, 6.45) is 0. The Morgan fingerprint density at radius 2 is 1.81 bits per heavy atom. The lowest BCUT2D eigenvalue weighted by atomic mass is 9.96. The van der Waals surface area contributed by atoms with E-state index in [2.05, 4.69) is 13.8 Å². The van der Waals surface area contributed by atoms with E-state index in [0.29, 0.717) is 11.5 Å². The number of hydrogen-bond acceptors (Lipinski definition) is 2. The summed E-state index contributed by atoms with van der Waals surface area (Å²) in [7, 11) is 1.41. The average Bonchev–Trinajstić information content (AvgIpc) is 2.30. The number of carbonyl (C=O) groups is 1. The van der Waals surface area contributed by atoms with Crippen LogP contribution in [0.2, 0.25) is 0 Å². The van der Waals surface area contributed by atoms with Gasteiger partial charge in [0.25, 0.3) is 0 Å². The third-order valence-electron chi connectivity index (χ3n) is 2.24. The van der Waals surface area contributed by atoms with Crippen LogP contribution in [0.15, 0.2) is 18.2 Å². The van der Waals surface area contributed by atoms with Gasteiger partial charge in [0, 0.05) is 0 Å². The van der Waals surface area contributed by atoms with Crippen LogP contribution in [0.5, 0.6) is 0 Å². The molecule has 1 rings (SSSR count). The molecule has 0 amide bonds. The van der Waals surface area contributed by atoms with Crippen LogP contribution in [0.1, 0.15) is 55.1 Å². The van der Waals surface area contributed by atoms with Crippen LogP contribution < -0.4 is 0 Å². The number of ether oxygens (including phenoxy) is 1. The molecule has 16 heavy (non-hydrogen) atoms. The van der Waals surface area contributed by atoms with Gasteiger partial charge in [0.05, 0.1) is 12.7 Å². The van der Waals surface area contributed by atoms with E-state index in [4.69, 9.17) is 4.74 Å². The zero-order valence-corrected chi connectivity index (χ0v) is 11.1. The van der Waals surface area contributed by atoms with Crippen LogP contribution in [-0.2, 0) is 4.74 Å². The molecule has 0 fully saturated rings. The number of benzene rings is 1. The van der Waals surface area contributed by atoms with Crippen molar-refractivity contribution in [2.45, 2.75) is 40.5 Å². The number of methoxy groups -OCH3 is 1. The molecule has 0 saturated heterocycles. The van der Waals surface area contributed by atoms with Gasteiger partial charge in [-0.1, -0.05) is 45.4 Å². The topological polar surface area (TPSA) is 26.3 Å². The average molecular weight is 222 g/mol. The maximum Gasteiger partial charge on any atom is 0.338 e. The van der Waals surface area contributed by atoms with Crippen LogP contribution >= 0.6 is 0 Å². The van der Waals surface area contributed by atoms with E-state index >= 15 is 0 Å². The predicted octanol–water partition coefficient (Wildman–Crippen LogP) is 3.93. The molecule has 0 N–H and O–H groups in total. The third-order valence-corrected chi connectivity index (χ3v) is 2.24. The molecule has 0 heterocycles. The number of hydrogen-bond donors (Lipinski definition) is 0. The van der Waals surface area contributed by atoms with Crippen LogP contribution in [-0.4, -0.2) is 13.1 Å². The number of carbonyl (C=O) groups excluding carboxylic acids is 1. The molecular weight excluding hydrogens is 200 g/mol. The van der Waals surface area contributed by atoms with E-state index < -0.39 is 0 Å². The molecule has 0 bridgehead atoms. The smallest absolute Gasteiger partial charge is 0.338 e. The first-order valence-corrected chi connectivity index (χ1v) is 5.75. The van der Waals surface area contributed by atoms with Gasteiger partial charge in [-0.3, -0.25) is 0 Å². The van der Waals surface area contributed by atoms with Gasteiger partial charge < -0.3 is 4.74 Å². The maximum absolute atomic E-state index is 11.5. The summed E-state index contributed by atoms with van der Waals surface area (Å²) >= 11 is 0. The van der Waals surface area contributed by atoms with Gasteiger partial charge in [-0.05, 0) is 24.5 Å². The first-order valence-electron chi connectivity index (χ1n) is 5.75. The standard InChI is InChI=1S/C12H16O2.C2H6/c1-8(2)10-6-5-9(3)7-11(10)12(13)14-4;1-2/h5-8H,1-4H3;1-2H3. The molecule has 0 spiro atoms. The summed E-state index contributed by atoms with van der Waals surface area (Å²) in [4.78, 5) is 11.5. The molecule has 0 unspecified atom stereocenters. The van der Waals surface area contributed by atoms with Crippen LogP contribution in [0.3, 0.4) is 0 Å². The lowest BCUT2D eigenvalue weighted by molar-refractivity contribution is 0.0599. The third kappa shape index (κ3) is 3.69. The Morgan fingerprint density at radius 1 is 1.25 bits per heavy atom. The summed E-state index contributed by atoms with van der Waals surface area (Å²) in [5.41, 5.74) is 2.81. The van der Waals surface area contributed by atoms with Gasteiger partial charge in [0.15, 0.2) is 0 Å². The molecule has 2 heteroatoms. The van der Waals surface area contributed by atoms with Crippen molar-refractivity contribution in [1.29, 1.82) is 0 Å². The second kappa shape index (κ2) is 7.04. The molecule has 0 radical (unpaired) electrons. The fourth-order valence-corrected chi connectivity index (χ4v) is 1.46. The highest BCUT2D eigenvalue weighted by molar-refractivity contribution is 5.91. The molecule has 2 nitrogen and oxygen atoms in total. The molecule has 1 aromatic rings. The lowest BCUT2D eigenvalue weighted by Gasteiger charge is -2.11.